The van der Waals surface area contributed by atoms with Crippen LogP contribution < -0.4 is 18.9 Å². The van der Waals surface area contributed by atoms with Gasteiger partial charge in [0.1, 0.15) is 5.75 Å². The van der Waals surface area contributed by atoms with E-state index in [0.717, 1.165) is 12.0 Å². The van der Waals surface area contributed by atoms with Gasteiger partial charge in [0.25, 0.3) is 0 Å². The van der Waals surface area contributed by atoms with Crippen LogP contribution in [0.4, 0.5) is 0 Å². The molecule has 0 N–H and O–H groups in total. The highest BCUT2D eigenvalue weighted by Gasteiger charge is 2.20. The van der Waals surface area contributed by atoms with Gasteiger partial charge >= 0.3 is 5.97 Å². The minimum atomic E-state index is -0.477. The average molecular weight is 344 g/mol. The van der Waals surface area contributed by atoms with Crippen LogP contribution in [-0.4, -0.2) is 27.3 Å². The second-order valence-electron chi connectivity index (χ2n) is 5.65. The second-order valence-corrected chi connectivity index (χ2v) is 5.65. The molecular formula is C20H24O5. The van der Waals surface area contributed by atoms with Gasteiger partial charge in [0.15, 0.2) is 11.5 Å². The Morgan fingerprint density at radius 1 is 0.960 bits per heavy atom. The van der Waals surface area contributed by atoms with E-state index in [0.29, 0.717) is 34.5 Å². The summed E-state index contributed by atoms with van der Waals surface area (Å²) in [6, 6.07) is 10.7. The van der Waals surface area contributed by atoms with E-state index < -0.39 is 5.97 Å². The van der Waals surface area contributed by atoms with Crippen LogP contribution in [-0.2, 0) is 0 Å². The number of carbonyl (C=O) groups excluding carboxylic acids is 1. The lowest BCUT2D eigenvalue weighted by Crippen LogP contribution is -2.11. The normalized spacial score (nSPS) is 11.6. The summed E-state index contributed by atoms with van der Waals surface area (Å²) < 4.78 is 21.5. The van der Waals surface area contributed by atoms with Gasteiger partial charge in [0.2, 0.25) is 5.75 Å². The smallest absolute Gasteiger partial charge is 0.343 e. The molecular weight excluding hydrogens is 320 g/mol. The number of esters is 1. The van der Waals surface area contributed by atoms with Crippen LogP contribution in [0.15, 0.2) is 36.4 Å². The largest absolute Gasteiger partial charge is 0.493 e. The summed E-state index contributed by atoms with van der Waals surface area (Å²) in [5.74, 6) is 1.63. The van der Waals surface area contributed by atoms with E-state index in [9.17, 15) is 4.79 Å². The number of carbonyl (C=O) groups is 1. The number of hydrogen-bond acceptors (Lipinski definition) is 5. The van der Waals surface area contributed by atoms with Crippen molar-refractivity contribution in [2.24, 2.45) is 0 Å². The van der Waals surface area contributed by atoms with Gasteiger partial charge in [0.05, 0.1) is 26.9 Å². The molecule has 1 atom stereocenters. The number of rotatable bonds is 7. The number of methoxy groups -OCH3 is 3. The SMILES string of the molecule is CCC(C)c1ccccc1OC(=O)c1cc(OC)c(OC)c(OC)c1. The Labute approximate surface area is 148 Å². The summed E-state index contributed by atoms with van der Waals surface area (Å²) in [5, 5.41) is 0. The molecule has 2 rings (SSSR count). The number of hydrogen-bond donors (Lipinski definition) is 0. The molecule has 0 radical (unpaired) electrons. The predicted molar refractivity (Wildman–Crippen MR) is 96.2 cm³/mol. The van der Waals surface area contributed by atoms with Crippen molar-refractivity contribution >= 4 is 5.97 Å². The number of para-hydroxylation sites is 1. The highest BCUT2D eigenvalue weighted by molar-refractivity contribution is 5.93. The molecule has 0 aliphatic rings. The summed E-state index contributed by atoms with van der Waals surface area (Å²) in [4.78, 5) is 12.6. The van der Waals surface area contributed by atoms with Gasteiger partial charge in [-0.25, -0.2) is 4.79 Å². The van der Waals surface area contributed by atoms with Crippen LogP contribution in [0.25, 0.3) is 0 Å². The van der Waals surface area contributed by atoms with E-state index in [1.54, 1.807) is 18.2 Å². The second kappa shape index (κ2) is 8.42. The van der Waals surface area contributed by atoms with Crippen molar-refractivity contribution in [3.63, 3.8) is 0 Å². The molecule has 0 amide bonds. The van der Waals surface area contributed by atoms with Crippen LogP contribution in [0, 0.1) is 0 Å². The predicted octanol–water partition coefficient (Wildman–Crippen LogP) is 4.45. The van der Waals surface area contributed by atoms with Gasteiger partial charge < -0.3 is 18.9 Å². The molecule has 0 heterocycles. The molecule has 0 saturated heterocycles. The maximum Gasteiger partial charge on any atom is 0.343 e. The first-order chi connectivity index (χ1) is 12.0. The molecule has 2 aromatic rings. The molecule has 0 bridgehead atoms. The fourth-order valence-corrected chi connectivity index (χ4v) is 2.56. The molecule has 134 valence electrons. The quantitative estimate of drug-likeness (QED) is 0.549. The third kappa shape index (κ3) is 4.05. The highest BCUT2D eigenvalue weighted by atomic mass is 16.5. The molecule has 0 saturated carbocycles. The van der Waals surface area contributed by atoms with Crippen molar-refractivity contribution in [1.82, 2.24) is 0 Å². The fourth-order valence-electron chi connectivity index (χ4n) is 2.56. The fraction of sp³-hybridized carbons (Fsp3) is 0.350. The van der Waals surface area contributed by atoms with E-state index in [1.807, 2.05) is 18.2 Å². The lowest BCUT2D eigenvalue weighted by atomic mass is 9.98. The van der Waals surface area contributed by atoms with E-state index >= 15 is 0 Å². The monoisotopic (exact) mass is 344 g/mol. The third-order valence-corrected chi connectivity index (χ3v) is 4.17. The van der Waals surface area contributed by atoms with E-state index in [1.165, 1.54) is 21.3 Å². The van der Waals surface area contributed by atoms with Gasteiger partial charge in [-0.3, -0.25) is 0 Å². The Hall–Kier alpha value is -2.69. The molecule has 0 aliphatic heterocycles. The Bertz CT molecular complexity index is 714. The Kier molecular flexibility index (Phi) is 6.28. The zero-order chi connectivity index (χ0) is 18.4. The zero-order valence-electron chi connectivity index (χ0n) is 15.3. The number of ether oxygens (including phenoxy) is 4. The first-order valence-corrected chi connectivity index (χ1v) is 8.16. The third-order valence-electron chi connectivity index (χ3n) is 4.17. The zero-order valence-corrected chi connectivity index (χ0v) is 15.3. The lowest BCUT2D eigenvalue weighted by molar-refractivity contribution is 0.0731. The molecule has 2 aromatic carbocycles. The van der Waals surface area contributed by atoms with Crippen LogP contribution in [0.2, 0.25) is 0 Å². The highest BCUT2D eigenvalue weighted by Crippen LogP contribution is 2.38. The molecule has 5 heteroatoms. The molecule has 25 heavy (non-hydrogen) atoms. The van der Waals surface area contributed by atoms with Crippen molar-refractivity contribution in [2.75, 3.05) is 21.3 Å². The van der Waals surface area contributed by atoms with Gasteiger partial charge in [0, 0.05) is 0 Å². The Morgan fingerprint density at radius 3 is 2.08 bits per heavy atom. The van der Waals surface area contributed by atoms with Crippen LogP contribution in [0.3, 0.4) is 0 Å². The first-order valence-electron chi connectivity index (χ1n) is 8.16. The molecule has 1 unspecified atom stereocenters. The van der Waals surface area contributed by atoms with Crippen LogP contribution in [0.5, 0.6) is 23.0 Å². The maximum absolute atomic E-state index is 12.6. The van der Waals surface area contributed by atoms with Crippen molar-refractivity contribution in [3.8, 4) is 23.0 Å². The van der Waals surface area contributed by atoms with Crippen molar-refractivity contribution < 1.29 is 23.7 Å². The maximum atomic E-state index is 12.6. The lowest BCUT2D eigenvalue weighted by Gasteiger charge is -2.16. The molecule has 5 nitrogen and oxygen atoms in total. The molecule has 0 aliphatic carbocycles. The van der Waals surface area contributed by atoms with Gasteiger partial charge in [-0.1, -0.05) is 32.0 Å². The minimum absolute atomic E-state index is 0.295. The summed E-state index contributed by atoms with van der Waals surface area (Å²) in [5.41, 5.74) is 1.33. The topological polar surface area (TPSA) is 54.0 Å². The van der Waals surface area contributed by atoms with Crippen molar-refractivity contribution in [3.05, 3.63) is 47.5 Å². The molecule has 0 aromatic heterocycles. The van der Waals surface area contributed by atoms with E-state index in [2.05, 4.69) is 13.8 Å². The van der Waals surface area contributed by atoms with E-state index in [4.69, 9.17) is 18.9 Å². The molecule has 0 fully saturated rings. The van der Waals surface area contributed by atoms with Crippen molar-refractivity contribution in [2.45, 2.75) is 26.2 Å². The summed E-state index contributed by atoms with van der Waals surface area (Å²) in [7, 11) is 4.52. The molecule has 0 spiro atoms. The van der Waals surface area contributed by atoms with Crippen LogP contribution in [0.1, 0.15) is 42.1 Å². The summed E-state index contributed by atoms with van der Waals surface area (Å²) in [6.45, 7) is 4.20. The Balaban J connectivity index is 2.36. The minimum Gasteiger partial charge on any atom is -0.493 e. The van der Waals surface area contributed by atoms with Gasteiger partial charge in [-0.05, 0) is 36.1 Å². The van der Waals surface area contributed by atoms with Gasteiger partial charge in [-0.2, -0.15) is 0 Å². The summed E-state index contributed by atoms with van der Waals surface area (Å²) >= 11 is 0. The Morgan fingerprint density at radius 2 is 1.56 bits per heavy atom. The number of benzene rings is 2. The van der Waals surface area contributed by atoms with Crippen LogP contribution >= 0.6 is 0 Å². The van der Waals surface area contributed by atoms with Gasteiger partial charge in [-0.15, -0.1) is 0 Å². The average Bonchev–Trinajstić information content (AvgIpc) is 2.66. The van der Waals surface area contributed by atoms with E-state index in [-0.39, 0.29) is 0 Å². The summed E-state index contributed by atoms with van der Waals surface area (Å²) in [6.07, 6.45) is 0.957. The first kappa shape index (κ1) is 18.6. The standard InChI is InChI=1S/C20H24O5/c1-6-13(2)15-9-7-8-10-16(15)25-20(21)14-11-17(22-3)19(24-5)18(12-14)23-4/h7-13H,6H2,1-5H3. The van der Waals surface area contributed by atoms with Crippen molar-refractivity contribution in [1.29, 1.82) is 0 Å².